The van der Waals surface area contributed by atoms with Crippen molar-refractivity contribution in [2.24, 2.45) is 0 Å². The molecule has 116 valence electrons. The average molecular weight is 310 g/mol. The van der Waals surface area contributed by atoms with Gasteiger partial charge in [-0.05, 0) is 32.4 Å². The van der Waals surface area contributed by atoms with Crippen LogP contribution in [0.15, 0.2) is 24.3 Å². The number of carbonyl (C=O) groups is 1. The van der Waals surface area contributed by atoms with E-state index in [2.05, 4.69) is 5.32 Å². The van der Waals surface area contributed by atoms with Gasteiger partial charge in [0.2, 0.25) is 5.91 Å². The van der Waals surface area contributed by atoms with E-state index in [1.54, 1.807) is 4.90 Å². The Balaban J connectivity index is 2.49. The number of carbonyl (C=O) groups excluding carboxylic acids is 1. The fourth-order valence-corrected chi connectivity index (χ4v) is 2.75. The fraction of sp³-hybridized carbons (Fsp3) is 0.533. The first-order valence-electron chi connectivity index (χ1n) is 6.97. The van der Waals surface area contributed by atoms with Crippen LogP contribution in [0.4, 0.5) is 5.69 Å². The van der Waals surface area contributed by atoms with Crippen molar-refractivity contribution in [2.75, 3.05) is 17.7 Å². The normalized spacial score (nSPS) is 19.8. The summed E-state index contributed by atoms with van der Waals surface area (Å²) in [6.07, 6.45) is 1.11. The zero-order chi connectivity index (χ0) is 15.8. The van der Waals surface area contributed by atoms with E-state index in [9.17, 15) is 13.2 Å². The second-order valence-electron chi connectivity index (χ2n) is 6.11. The number of para-hydroxylation sites is 1. The standard InChI is InChI=1S/C15H22N2O3S/c1-11-10-17(14(18)15(2,3)21(4,19)20)13-8-6-5-7-12(13)9-16-11/h5-8,11,16H,9-10H2,1-4H3. The lowest BCUT2D eigenvalue weighted by molar-refractivity contribution is -0.120. The first-order chi connectivity index (χ1) is 9.64. The van der Waals surface area contributed by atoms with E-state index < -0.39 is 14.6 Å². The lowest BCUT2D eigenvalue weighted by atomic mass is 10.1. The zero-order valence-corrected chi connectivity index (χ0v) is 13.7. The van der Waals surface area contributed by atoms with Crippen LogP contribution in [0, 0.1) is 0 Å². The molecule has 0 fully saturated rings. The molecule has 1 aromatic rings. The third kappa shape index (κ3) is 2.96. The van der Waals surface area contributed by atoms with Gasteiger partial charge in [0.25, 0.3) is 0 Å². The summed E-state index contributed by atoms with van der Waals surface area (Å²) in [6, 6.07) is 7.69. The molecule has 5 nitrogen and oxygen atoms in total. The van der Waals surface area contributed by atoms with E-state index in [1.807, 2.05) is 31.2 Å². The molecule has 0 bridgehead atoms. The Bertz CT molecular complexity index is 653. The summed E-state index contributed by atoms with van der Waals surface area (Å²) in [5.74, 6) is -0.381. The number of amides is 1. The van der Waals surface area contributed by atoms with Gasteiger partial charge < -0.3 is 10.2 Å². The van der Waals surface area contributed by atoms with Crippen LogP contribution < -0.4 is 10.2 Å². The summed E-state index contributed by atoms with van der Waals surface area (Å²) in [5, 5.41) is 3.33. The number of fused-ring (bicyclic) bond motifs is 1. The lowest BCUT2D eigenvalue weighted by Gasteiger charge is -2.31. The Morgan fingerprint density at radius 2 is 1.95 bits per heavy atom. The van der Waals surface area contributed by atoms with E-state index in [0.29, 0.717) is 13.1 Å². The first kappa shape index (κ1) is 16.0. The molecule has 0 radical (unpaired) electrons. The van der Waals surface area contributed by atoms with Crippen LogP contribution >= 0.6 is 0 Å². The minimum absolute atomic E-state index is 0.0942. The van der Waals surface area contributed by atoms with Crippen LogP contribution in [0.25, 0.3) is 0 Å². The molecule has 1 aromatic carbocycles. The molecule has 1 atom stereocenters. The third-order valence-corrected chi connectivity index (χ3v) is 6.10. The van der Waals surface area contributed by atoms with Crippen molar-refractivity contribution in [1.29, 1.82) is 0 Å². The van der Waals surface area contributed by atoms with Crippen LogP contribution in [0.5, 0.6) is 0 Å². The number of hydrogen-bond acceptors (Lipinski definition) is 4. The predicted octanol–water partition coefficient (Wildman–Crippen LogP) is 1.33. The molecule has 0 saturated carbocycles. The second kappa shape index (κ2) is 5.42. The highest BCUT2D eigenvalue weighted by Gasteiger charge is 2.42. The average Bonchev–Trinajstić information content (AvgIpc) is 2.56. The highest BCUT2D eigenvalue weighted by molar-refractivity contribution is 7.92. The number of anilines is 1. The van der Waals surface area contributed by atoms with Crippen molar-refractivity contribution in [3.8, 4) is 0 Å². The Kier molecular flexibility index (Phi) is 4.13. The summed E-state index contributed by atoms with van der Waals surface area (Å²) >= 11 is 0. The van der Waals surface area contributed by atoms with Crippen molar-refractivity contribution >= 4 is 21.4 Å². The van der Waals surface area contributed by atoms with E-state index in [1.165, 1.54) is 13.8 Å². The van der Waals surface area contributed by atoms with Crippen molar-refractivity contribution in [3.63, 3.8) is 0 Å². The van der Waals surface area contributed by atoms with Crippen LogP contribution in [-0.2, 0) is 21.2 Å². The quantitative estimate of drug-likeness (QED) is 0.895. The molecular formula is C15H22N2O3S. The molecule has 0 aliphatic carbocycles. The lowest BCUT2D eigenvalue weighted by Crippen LogP contribution is -2.52. The molecule has 1 aliphatic heterocycles. The Morgan fingerprint density at radius 1 is 1.33 bits per heavy atom. The highest BCUT2D eigenvalue weighted by atomic mass is 32.2. The Hall–Kier alpha value is -1.40. The summed E-state index contributed by atoms with van der Waals surface area (Å²) in [6.45, 7) is 6.04. The van der Waals surface area contributed by atoms with Gasteiger partial charge in [-0.2, -0.15) is 0 Å². The number of sulfone groups is 1. The number of benzene rings is 1. The summed E-state index contributed by atoms with van der Waals surface area (Å²) in [5.41, 5.74) is 1.79. The van der Waals surface area contributed by atoms with Gasteiger partial charge in [0.1, 0.15) is 4.75 Å². The van der Waals surface area contributed by atoms with Crippen LogP contribution in [0.1, 0.15) is 26.3 Å². The molecule has 6 heteroatoms. The fourth-order valence-electron chi connectivity index (χ4n) is 2.32. The van der Waals surface area contributed by atoms with Gasteiger partial charge in [-0.25, -0.2) is 8.42 Å². The number of hydrogen-bond donors (Lipinski definition) is 1. The third-order valence-electron chi connectivity index (χ3n) is 4.07. The molecular weight excluding hydrogens is 288 g/mol. The molecule has 2 rings (SSSR count). The largest absolute Gasteiger partial charge is 0.309 e. The van der Waals surface area contributed by atoms with E-state index in [4.69, 9.17) is 0 Å². The maximum atomic E-state index is 12.8. The maximum Gasteiger partial charge on any atom is 0.247 e. The van der Waals surface area contributed by atoms with Gasteiger partial charge in [0.05, 0.1) is 0 Å². The van der Waals surface area contributed by atoms with Crippen LogP contribution in [-0.4, -0.2) is 37.9 Å². The van der Waals surface area contributed by atoms with E-state index in [0.717, 1.165) is 17.5 Å². The van der Waals surface area contributed by atoms with Crippen LogP contribution in [0.3, 0.4) is 0 Å². The van der Waals surface area contributed by atoms with Gasteiger partial charge in [-0.1, -0.05) is 18.2 Å². The maximum absolute atomic E-state index is 12.8. The monoisotopic (exact) mass is 310 g/mol. The molecule has 1 heterocycles. The molecule has 0 saturated heterocycles. The van der Waals surface area contributed by atoms with Gasteiger partial charge in [0.15, 0.2) is 9.84 Å². The molecule has 1 amide bonds. The number of rotatable bonds is 2. The summed E-state index contributed by atoms with van der Waals surface area (Å²) in [7, 11) is -3.49. The minimum atomic E-state index is -3.49. The van der Waals surface area contributed by atoms with Crippen LogP contribution in [0.2, 0.25) is 0 Å². The zero-order valence-electron chi connectivity index (χ0n) is 12.9. The first-order valence-corrected chi connectivity index (χ1v) is 8.86. The topological polar surface area (TPSA) is 66.5 Å². The smallest absolute Gasteiger partial charge is 0.247 e. The number of nitrogens with one attached hydrogen (secondary N) is 1. The van der Waals surface area contributed by atoms with E-state index in [-0.39, 0.29) is 11.9 Å². The van der Waals surface area contributed by atoms with Crippen molar-refractivity contribution < 1.29 is 13.2 Å². The molecule has 1 aliphatic rings. The molecule has 1 N–H and O–H groups in total. The summed E-state index contributed by atoms with van der Waals surface area (Å²) < 4.78 is 22.5. The second-order valence-corrected chi connectivity index (χ2v) is 8.67. The minimum Gasteiger partial charge on any atom is -0.309 e. The van der Waals surface area contributed by atoms with Gasteiger partial charge in [0, 0.05) is 31.1 Å². The molecule has 1 unspecified atom stereocenters. The highest BCUT2D eigenvalue weighted by Crippen LogP contribution is 2.28. The van der Waals surface area contributed by atoms with Gasteiger partial charge in [-0.3, -0.25) is 4.79 Å². The summed E-state index contributed by atoms with van der Waals surface area (Å²) in [4.78, 5) is 14.4. The number of nitrogens with zero attached hydrogens (tertiary/aromatic N) is 1. The van der Waals surface area contributed by atoms with Crippen molar-refractivity contribution in [1.82, 2.24) is 5.32 Å². The SMILES string of the molecule is CC1CN(C(=O)C(C)(C)S(C)(=O)=O)c2ccccc2CN1. The Morgan fingerprint density at radius 3 is 2.57 bits per heavy atom. The molecule has 0 aromatic heterocycles. The van der Waals surface area contributed by atoms with Crippen molar-refractivity contribution in [2.45, 2.75) is 38.1 Å². The van der Waals surface area contributed by atoms with Gasteiger partial charge in [-0.15, -0.1) is 0 Å². The van der Waals surface area contributed by atoms with E-state index >= 15 is 0 Å². The Labute approximate surface area is 126 Å². The molecule has 0 spiro atoms. The predicted molar refractivity (Wildman–Crippen MR) is 84.0 cm³/mol. The molecule has 21 heavy (non-hydrogen) atoms. The van der Waals surface area contributed by atoms with Crippen molar-refractivity contribution in [3.05, 3.63) is 29.8 Å². The van der Waals surface area contributed by atoms with Gasteiger partial charge >= 0.3 is 0 Å².